The van der Waals surface area contributed by atoms with E-state index in [1.54, 1.807) is 0 Å². The fourth-order valence-corrected chi connectivity index (χ4v) is 3.52. The van der Waals surface area contributed by atoms with E-state index in [9.17, 15) is 21.6 Å². The van der Waals surface area contributed by atoms with Gasteiger partial charge in [-0.25, -0.2) is 8.42 Å². The summed E-state index contributed by atoms with van der Waals surface area (Å²) in [4.78, 5) is -0.759. The van der Waals surface area contributed by atoms with Gasteiger partial charge in [0, 0.05) is 6.54 Å². The van der Waals surface area contributed by atoms with Crippen LogP contribution >= 0.6 is 11.3 Å². The third-order valence-electron chi connectivity index (χ3n) is 2.91. The number of nitrogens with one attached hydrogen (secondary N) is 1. The number of rotatable bonds is 4. The van der Waals surface area contributed by atoms with Gasteiger partial charge >= 0.3 is 5.51 Å². The Morgan fingerprint density at radius 2 is 1.86 bits per heavy atom. The fraction of sp³-hybridized carbons (Fsp3) is 0.231. The molecule has 0 saturated carbocycles. The van der Waals surface area contributed by atoms with Crippen LogP contribution in [0.2, 0.25) is 0 Å². The molecule has 0 bridgehead atoms. The van der Waals surface area contributed by atoms with Gasteiger partial charge in [0.2, 0.25) is 0 Å². The first-order valence-corrected chi connectivity index (χ1v) is 8.32. The lowest BCUT2D eigenvalue weighted by Crippen LogP contribution is -2.24. The Labute approximate surface area is 124 Å². The number of para-hydroxylation sites is 1. The zero-order valence-electron chi connectivity index (χ0n) is 10.9. The van der Waals surface area contributed by atoms with E-state index in [1.165, 1.54) is 29.5 Å². The van der Waals surface area contributed by atoms with Gasteiger partial charge in [-0.05, 0) is 40.9 Å². The molecule has 21 heavy (non-hydrogen) atoms. The predicted molar refractivity (Wildman–Crippen MR) is 76.1 cm³/mol. The molecule has 0 aliphatic carbocycles. The van der Waals surface area contributed by atoms with Crippen LogP contribution in [0.3, 0.4) is 0 Å². The summed E-state index contributed by atoms with van der Waals surface area (Å²) < 4.78 is 61.1. The minimum atomic E-state index is -5.37. The van der Waals surface area contributed by atoms with Crippen LogP contribution in [0.4, 0.5) is 18.9 Å². The SMILES string of the molecule is Cc1cscc1CNc1ccccc1S(=O)(=O)C(F)(F)F. The lowest BCUT2D eigenvalue weighted by molar-refractivity contribution is -0.0435. The molecule has 1 heterocycles. The molecule has 1 aromatic heterocycles. The Bertz CT molecular complexity index is 736. The maximum atomic E-state index is 12.7. The standard InChI is InChI=1S/C13H12F3NO2S2/c1-9-7-20-8-10(9)6-17-11-4-2-3-5-12(11)21(18,19)13(14,15)16/h2-5,7-8,17H,6H2,1H3. The zero-order valence-corrected chi connectivity index (χ0v) is 12.6. The van der Waals surface area contributed by atoms with Crippen molar-refractivity contribution in [3.05, 3.63) is 46.2 Å². The van der Waals surface area contributed by atoms with E-state index in [4.69, 9.17) is 0 Å². The second-order valence-electron chi connectivity index (χ2n) is 4.38. The normalized spacial score (nSPS) is 12.4. The van der Waals surface area contributed by atoms with Crippen LogP contribution in [-0.2, 0) is 16.4 Å². The number of anilines is 1. The maximum Gasteiger partial charge on any atom is 0.501 e. The van der Waals surface area contributed by atoms with Crippen LogP contribution in [0.1, 0.15) is 11.1 Å². The molecule has 0 radical (unpaired) electrons. The van der Waals surface area contributed by atoms with Gasteiger partial charge in [-0.1, -0.05) is 12.1 Å². The highest BCUT2D eigenvalue weighted by Crippen LogP contribution is 2.34. The zero-order chi connectivity index (χ0) is 15.7. The first-order valence-electron chi connectivity index (χ1n) is 5.89. The minimum absolute atomic E-state index is 0.0552. The first kappa shape index (κ1) is 15.8. The van der Waals surface area contributed by atoms with Crippen molar-refractivity contribution in [2.24, 2.45) is 0 Å². The molecule has 0 amide bonds. The van der Waals surface area contributed by atoms with Crippen molar-refractivity contribution in [2.45, 2.75) is 23.9 Å². The van der Waals surface area contributed by atoms with Crippen molar-refractivity contribution < 1.29 is 21.6 Å². The monoisotopic (exact) mass is 335 g/mol. The molecule has 0 spiro atoms. The molecule has 0 unspecified atom stereocenters. The van der Waals surface area contributed by atoms with Crippen LogP contribution < -0.4 is 5.32 Å². The highest BCUT2D eigenvalue weighted by Gasteiger charge is 2.47. The van der Waals surface area contributed by atoms with Crippen LogP contribution in [0.5, 0.6) is 0 Å². The van der Waals surface area contributed by atoms with Gasteiger partial charge in [0.1, 0.15) is 0 Å². The van der Waals surface area contributed by atoms with E-state index in [0.29, 0.717) is 0 Å². The Morgan fingerprint density at radius 3 is 2.43 bits per heavy atom. The topological polar surface area (TPSA) is 46.2 Å². The van der Waals surface area contributed by atoms with E-state index < -0.39 is 20.2 Å². The van der Waals surface area contributed by atoms with Crippen molar-refractivity contribution >= 4 is 26.9 Å². The molecule has 0 aliphatic heterocycles. The van der Waals surface area contributed by atoms with Crippen LogP contribution in [-0.4, -0.2) is 13.9 Å². The summed E-state index contributed by atoms with van der Waals surface area (Å²) in [6, 6.07) is 5.02. The van der Waals surface area contributed by atoms with E-state index in [-0.39, 0.29) is 12.2 Å². The van der Waals surface area contributed by atoms with E-state index in [2.05, 4.69) is 5.32 Å². The van der Waals surface area contributed by atoms with E-state index in [1.807, 2.05) is 17.7 Å². The van der Waals surface area contributed by atoms with Gasteiger partial charge in [0.05, 0.1) is 10.6 Å². The minimum Gasteiger partial charge on any atom is -0.380 e. The number of thiophene rings is 1. The number of benzene rings is 1. The van der Waals surface area contributed by atoms with Gasteiger partial charge in [-0.15, -0.1) is 0 Å². The fourth-order valence-electron chi connectivity index (χ4n) is 1.73. The molecule has 8 heteroatoms. The highest BCUT2D eigenvalue weighted by molar-refractivity contribution is 7.92. The molecule has 0 fully saturated rings. The molecule has 2 rings (SSSR count). The van der Waals surface area contributed by atoms with Crippen molar-refractivity contribution in [1.82, 2.24) is 0 Å². The third-order valence-corrected chi connectivity index (χ3v) is 5.37. The molecule has 3 nitrogen and oxygen atoms in total. The second kappa shape index (κ2) is 5.69. The maximum absolute atomic E-state index is 12.7. The Balaban J connectivity index is 2.32. The number of aryl methyl sites for hydroxylation is 1. The van der Waals surface area contributed by atoms with Gasteiger partial charge in [0.15, 0.2) is 0 Å². The third kappa shape index (κ3) is 3.21. The van der Waals surface area contributed by atoms with Gasteiger partial charge in [-0.2, -0.15) is 24.5 Å². The number of sulfone groups is 1. The Kier molecular flexibility index (Phi) is 4.29. The smallest absolute Gasteiger partial charge is 0.380 e. The number of hydrogen-bond acceptors (Lipinski definition) is 4. The predicted octanol–water partition coefficient (Wildman–Crippen LogP) is 3.96. The van der Waals surface area contributed by atoms with Crippen molar-refractivity contribution in [3.8, 4) is 0 Å². The number of hydrogen-bond donors (Lipinski definition) is 1. The number of halogens is 3. The summed E-state index contributed by atoms with van der Waals surface area (Å²) in [5.74, 6) is 0. The molecule has 0 saturated heterocycles. The van der Waals surface area contributed by atoms with Crippen molar-refractivity contribution in [1.29, 1.82) is 0 Å². The van der Waals surface area contributed by atoms with Crippen LogP contribution in [0.15, 0.2) is 39.9 Å². The quantitative estimate of drug-likeness (QED) is 0.920. The molecule has 114 valence electrons. The average molecular weight is 335 g/mol. The van der Waals surface area contributed by atoms with Crippen molar-refractivity contribution in [3.63, 3.8) is 0 Å². The van der Waals surface area contributed by atoms with Crippen LogP contribution in [0, 0.1) is 6.92 Å². The summed E-state index contributed by atoms with van der Waals surface area (Å²) in [7, 11) is -5.37. The van der Waals surface area contributed by atoms with E-state index >= 15 is 0 Å². The van der Waals surface area contributed by atoms with Crippen molar-refractivity contribution in [2.75, 3.05) is 5.32 Å². The summed E-state index contributed by atoms with van der Waals surface area (Å²) in [6.45, 7) is 2.14. The molecule has 1 N–H and O–H groups in total. The molecule has 2 aromatic rings. The highest BCUT2D eigenvalue weighted by atomic mass is 32.2. The molecule has 0 aliphatic rings. The summed E-state index contributed by atoms with van der Waals surface area (Å²) in [6.07, 6.45) is 0. The number of alkyl halides is 3. The molecule has 1 aromatic carbocycles. The average Bonchev–Trinajstić information content (AvgIpc) is 2.81. The molecule has 0 atom stereocenters. The van der Waals surface area contributed by atoms with Crippen LogP contribution in [0.25, 0.3) is 0 Å². The second-order valence-corrected chi connectivity index (χ2v) is 7.03. The summed E-state index contributed by atoms with van der Waals surface area (Å²) >= 11 is 1.48. The summed E-state index contributed by atoms with van der Waals surface area (Å²) in [5.41, 5.74) is -3.45. The Morgan fingerprint density at radius 1 is 1.19 bits per heavy atom. The lowest BCUT2D eigenvalue weighted by Gasteiger charge is -2.14. The molecular weight excluding hydrogens is 323 g/mol. The molecular formula is C13H12F3NO2S2. The van der Waals surface area contributed by atoms with Gasteiger partial charge in [-0.3, -0.25) is 0 Å². The summed E-state index contributed by atoms with van der Waals surface area (Å²) in [5, 5.41) is 6.54. The van der Waals surface area contributed by atoms with Gasteiger partial charge in [0.25, 0.3) is 9.84 Å². The lowest BCUT2D eigenvalue weighted by atomic mass is 10.2. The Hall–Kier alpha value is -1.54. The first-order chi connectivity index (χ1) is 9.73. The van der Waals surface area contributed by atoms with E-state index in [0.717, 1.165) is 17.2 Å². The largest absolute Gasteiger partial charge is 0.501 e. The van der Waals surface area contributed by atoms with Gasteiger partial charge < -0.3 is 5.32 Å².